The minimum absolute atomic E-state index is 0. The van der Waals surface area contributed by atoms with Crippen LogP contribution in [-0.4, -0.2) is 22.0 Å². The van der Waals surface area contributed by atoms with E-state index in [1.54, 1.807) is 0 Å². The van der Waals surface area contributed by atoms with Crippen LogP contribution in [0.2, 0.25) is 0 Å². The van der Waals surface area contributed by atoms with Crippen LogP contribution in [0.5, 0.6) is 5.75 Å². The second-order valence-electron chi connectivity index (χ2n) is 5.32. The van der Waals surface area contributed by atoms with Gasteiger partial charge in [-0.2, -0.15) is 5.26 Å². The predicted octanol–water partition coefficient (Wildman–Crippen LogP) is 2.87. The van der Waals surface area contributed by atoms with Gasteiger partial charge in [-0.3, -0.25) is 4.79 Å². The molecule has 0 radical (unpaired) electrons. The van der Waals surface area contributed by atoms with Gasteiger partial charge in [0.05, 0.1) is 5.56 Å². The number of rotatable bonds is 3. The maximum absolute atomic E-state index is 12.2. The monoisotopic (exact) mass is 358 g/mol. The first kappa shape index (κ1) is 18.3. The number of carbonyl (C=O) groups excluding carboxylic acids is 1. The lowest BCUT2D eigenvalue weighted by atomic mass is 9.87. The van der Waals surface area contributed by atoms with Crippen LogP contribution in [0.3, 0.4) is 0 Å². The first-order valence-electron chi connectivity index (χ1n) is 7.20. The number of aliphatic hydroxyl groups is 2. The van der Waals surface area contributed by atoms with Crippen molar-refractivity contribution < 1.29 is 19.7 Å². The van der Waals surface area contributed by atoms with Gasteiger partial charge in [0.15, 0.2) is 17.3 Å². The van der Waals surface area contributed by atoms with Gasteiger partial charge in [-0.15, -0.1) is 12.4 Å². The summed E-state index contributed by atoms with van der Waals surface area (Å²) in [5.41, 5.74) is 6.48. The topological polar surface area (TPSA) is 117 Å². The first-order chi connectivity index (χ1) is 11.5. The van der Waals surface area contributed by atoms with E-state index < -0.39 is 23.3 Å². The number of carbonyl (C=O) groups is 1. The largest absolute Gasteiger partial charge is 0.506 e. The summed E-state index contributed by atoms with van der Waals surface area (Å²) < 4.78 is 5.65. The van der Waals surface area contributed by atoms with Crippen molar-refractivity contribution in [1.29, 1.82) is 5.26 Å². The molecule has 0 heterocycles. The standard InChI is InChI=1S/C18H14N2O4.ClH/c19-8-12-13(24-9-10-4-2-1-3-5-10)7-6-11-14(12)17(22)18(23)15(20)16(11)21;/h1-7,15,22-23H,9,20H2;1H. The Morgan fingerprint density at radius 3 is 2.48 bits per heavy atom. The molecular formula is C18H15ClN2O4. The molecule has 128 valence electrons. The molecule has 0 fully saturated rings. The normalized spacial score (nSPS) is 15.8. The average Bonchev–Trinajstić information content (AvgIpc) is 2.62. The Hall–Kier alpha value is -3.01. The average molecular weight is 359 g/mol. The number of aliphatic hydroxyl groups excluding tert-OH is 2. The summed E-state index contributed by atoms with van der Waals surface area (Å²) in [4.78, 5) is 12.2. The molecule has 0 spiro atoms. The molecule has 1 aliphatic carbocycles. The summed E-state index contributed by atoms with van der Waals surface area (Å²) >= 11 is 0. The fourth-order valence-electron chi connectivity index (χ4n) is 2.57. The van der Waals surface area contributed by atoms with E-state index in [1.807, 2.05) is 36.4 Å². The third-order valence-corrected chi connectivity index (χ3v) is 3.84. The van der Waals surface area contributed by atoms with Crippen molar-refractivity contribution in [2.45, 2.75) is 12.6 Å². The maximum atomic E-state index is 12.2. The van der Waals surface area contributed by atoms with Gasteiger partial charge >= 0.3 is 0 Å². The third kappa shape index (κ3) is 3.15. The summed E-state index contributed by atoms with van der Waals surface area (Å²) in [6, 6.07) is 12.9. The molecule has 2 aromatic rings. The summed E-state index contributed by atoms with van der Waals surface area (Å²) in [6.07, 6.45) is 0. The van der Waals surface area contributed by atoms with Crippen LogP contribution in [0.1, 0.15) is 27.0 Å². The Morgan fingerprint density at radius 1 is 1.16 bits per heavy atom. The van der Waals surface area contributed by atoms with Crippen LogP contribution in [-0.2, 0) is 6.61 Å². The van der Waals surface area contributed by atoms with E-state index in [9.17, 15) is 20.3 Å². The molecule has 25 heavy (non-hydrogen) atoms. The number of hydrogen-bond donors (Lipinski definition) is 3. The number of Topliss-reactive ketones (excluding diaryl/α,β-unsaturated/α-hetero) is 1. The molecule has 1 atom stereocenters. The Bertz CT molecular complexity index is 888. The van der Waals surface area contributed by atoms with E-state index in [1.165, 1.54) is 12.1 Å². The molecular weight excluding hydrogens is 344 g/mol. The molecule has 0 saturated heterocycles. The van der Waals surface area contributed by atoms with Crippen LogP contribution >= 0.6 is 12.4 Å². The van der Waals surface area contributed by atoms with Gasteiger partial charge in [-0.1, -0.05) is 30.3 Å². The minimum Gasteiger partial charge on any atom is -0.506 e. The summed E-state index contributed by atoms with van der Waals surface area (Å²) in [5, 5.41) is 29.4. The molecule has 6 nitrogen and oxygen atoms in total. The summed E-state index contributed by atoms with van der Waals surface area (Å²) in [6.45, 7) is 0.220. The van der Waals surface area contributed by atoms with E-state index in [2.05, 4.69) is 0 Å². The third-order valence-electron chi connectivity index (χ3n) is 3.84. The van der Waals surface area contributed by atoms with E-state index in [0.717, 1.165) is 5.56 Å². The highest BCUT2D eigenvalue weighted by molar-refractivity contribution is 6.09. The van der Waals surface area contributed by atoms with Crippen LogP contribution in [0.4, 0.5) is 0 Å². The second kappa shape index (κ2) is 7.26. The van der Waals surface area contributed by atoms with Gasteiger partial charge in [0.1, 0.15) is 30.0 Å². The van der Waals surface area contributed by atoms with Crippen LogP contribution in [0.15, 0.2) is 48.2 Å². The molecule has 0 amide bonds. The fourth-order valence-corrected chi connectivity index (χ4v) is 2.57. The van der Waals surface area contributed by atoms with E-state index in [4.69, 9.17) is 10.5 Å². The van der Waals surface area contributed by atoms with E-state index in [0.29, 0.717) is 0 Å². The molecule has 0 aromatic heterocycles. The number of fused-ring (bicyclic) bond motifs is 1. The molecule has 2 aromatic carbocycles. The molecule has 0 bridgehead atoms. The van der Waals surface area contributed by atoms with E-state index in [-0.39, 0.29) is 41.5 Å². The van der Waals surface area contributed by atoms with Crippen molar-refractivity contribution in [3.8, 4) is 11.8 Å². The van der Waals surface area contributed by atoms with Crippen molar-refractivity contribution in [3.05, 3.63) is 70.5 Å². The number of nitrogens with zero attached hydrogens (tertiary/aromatic N) is 1. The second-order valence-corrected chi connectivity index (χ2v) is 5.32. The van der Waals surface area contributed by atoms with Gasteiger partial charge in [0, 0.05) is 5.56 Å². The highest BCUT2D eigenvalue weighted by Crippen LogP contribution is 2.35. The zero-order chi connectivity index (χ0) is 17.3. The van der Waals surface area contributed by atoms with Crippen molar-refractivity contribution in [2.75, 3.05) is 0 Å². The number of ketones is 1. The van der Waals surface area contributed by atoms with Gasteiger partial charge in [-0.05, 0) is 17.7 Å². The summed E-state index contributed by atoms with van der Waals surface area (Å²) in [7, 11) is 0. The van der Waals surface area contributed by atoms with Crippen LogP contribution < -0.4 is 10.5 Å². The van der Waals surface area contributed by atoms with Gasteiger partial charge < -0.3 is 20.7 Å². The fraction of sp³-hybridized carbons (Fsp3) is 0.111. The number of nitrogens with two attached hydrogens (primary N) is 1. The van der Waals surface area contributed by atoms with E-state index >= 15 is 0 Å². The molecule has 1 aliphatic rings. The number of halogens is 1. The molecule has 0 aliphatic heterocycles. The molecule has 7 heteroatoms. The number of nitriles is 1. The number of ether oxygens (including phenoxy) is 1. The number of hydrogen-bond acceptors (Lipinski definition) is 6. The zero-order valence-electron chi connectivity index (χ0n) is 13.0. The summed E-state index contributed by atoms with van der Waals surface area (Å²) in [5.74, 6) is -1.57. The Balaban J connectivity index is 0.00000225. The highest BCUT2D eigenvalue weighted by Gasteiger charge is 2.35. The lowest BCUT2D eigenvalue weighted by Crippen LogP contribution is -2.37. The van der Waals surface area contributed by atoms with Gasteiger partial charge in [0.2, 0.25) is 0 Å². The van der Waals surface area contributed by atoms with Gasteiger partial charge in [-0.25, -0.2) is 0 Å². The maximum Gasteiger partial charge on any atom is 0.188 e. The molecule has 0 saturated carbocycles. The van der Waals surface area contributed by atoms with Crippen molar-refractivity contribution >= 4 is 23.9 Å². The zero-order valence-corrected chi connectivity index (χ0v) is 13.8. The lowest BCUT2D eigenvalue weighted by molar-refractivity contribution is 0.0950. The van der Waals surface area contributed by atoms with Gasteiger partial charge in [0.25, 0.3) is 0 Å². The number of benzene rings is 2. The Kier molecular flexibility index (Phi) is 5.32. The lowest BCUT2D eigenvalue weighted by Gasteiger charge is -2.22. The molecule has 3 rings (SSSR count). The minimum atomic E-state index is -1.33. The Labute approximate surface area is 150 Å². The molecule has 1 unspecified atom stereocenters. The first-order valence-corrected chi connectivity index (χ1v) is 7.20. The quantitative estimate of drug-likeness (QED) is 0.776. The highest BCUT2D eigenvalue weighted by atomic mass is 35.5. The SMILES string of the molecule is Cl.N#Cc1c(OCc2ccccc2)ccc2c1C(O)=C(O)C(N)C2=O. The molecule has 4 N–H and O–H groups in total. The van der Waals surface area contributed by atoms with Crippen molar-refractivity contribution in [1.82, 2.24) is 0 Å². The predicted molar refractivity (Wildman–Crippen MR) is 93.7 cm³/mol. The Morgan fingerprint density at radius 2 is 1.84 bits per heavy atom. The van der Waals surface area contributed by atoms with Crippen LogP contribution in [0, 0.1) is 11.3 Å². The van der Waals surface area contributed by atoms with Crippen molar-refractivity contribution in [2.24, 2.45) is 5.73 Å². The van der Waals surface area contributed by atoms with Crippen LogP contribution in [0.25, 0.3) is 5.76 Å². The van der Waals surface area contributed by atoms with Crippen molar-refractivity contribution in [3.63, 3.8) is 0 Å². The smallest absolute Gasteiger partial charge is 0.188 e.